The maximum Gasteiger partial charge on any atom is 0.338 e. The lowest BCUT2D eigenvalue weighted by Gasteiger charge is -2.06. The van der Waals surface area contributed by atoms with Crippen molar-refractivity contribution in [3.8, 4) is 5.75 Å². The molecule has 0 saturated heterocycles. The first-order valence-corrected chi connectivity index (χ1v) is 10.6. The molecule has 0 aromatic heterocycles. The highest BCUT2D eigenvalue weighted by Crippen LogP contribution is 2.14. The second-order valence-electron chi connectivity index (χ2n) is 7.11. The number of rotatable bonds is 16. The first-order valence-electron chi connectivity index (χ1n) is 10.6. The van der Waals surface area contributed by atoms with Gasteiger partial charge in [0.25, 0.3) is 0 Å². The summed E-state index contributed by atoms with van der Waals surface area (Å²) in [5, 5.41) is 0. The molecule has 0 bridgehead atoms. The van der Waals surface area contributed by atoms with E-state index in [9.17, 15) is 4.79 Å². The van der Waals surface area contributed by atoms with E-state index < -0.39 is 0 Å². The second-order valence-corrected chi connectivity index (χ2v) is 7.11. The van der Waals surface area contributed by atoms with Crippen LogP contribution in [0.25, 0.3) is 0 Å². The van der Waals surface area contributed by atoms with E-state index in [0.29, 0.717) is 12.2 Å². The highest BCUT2D eigenvalue weighted by atomic mass is 16.5. The van der Waals surface area contributed by atoms with Gasteiger partial charge in [-0.1, -0.05) is 84.0 Å². The molecule has 3 nitrogen and oxygen atoms in total. The van der Waals surface area contributed by atoms with E-state index in [1.165, 1.54) is 70.6 Å². The van der Waals surface area contributed by atoms with Crippen molar-refractivity contribution in [2.45, 2.75) is 90.4 Å². The summed E-state index contributed by atoms with van der Waals surface area (Å²) in [4.78, 5) is 11.9. The Hall–Kier alpha value is -1.51. The largest absolute Gasteiger partial charge is 0.497 e. The zero-order chi connectivity index (χ0) is 18.9. The lowest BCUT2D eigenvalue weighted by atomic mass is 10.0. The van der Waals surface area contributed by atoms with Crippen molar-refractivity contribution in [3.05, 3.63) is 29.8 Å². The average Bonchev–Trinajstić information content (AvgIpc) is 2.68. The molecule has 3 heteroatoms. The van der Waals surface area contributed by atoms with Gasteiger partial charge in [0, 0.05) is 0 Å². The molecule has 26 heavy (non-hydrogen) atoms. The molecule has 0 amide bonds. The monoisotopic (exact) mass is 362 g/mol. The topological polar surface area (TPSA) is 35.5 Å². The van der Waals surface area contributed by atoms with Gasteiger partial charge in [-0.05, 0) is 30.7 Å². The molecular weight excluding hydrogens is 324 g/mol. The fourth-order valence-electron chi connectivity index (χ4n) is 3.10. The molecule has 0 saturated carbocycles. The summed E-state index contributed by atoms with van der Waals surface area (Å²) < 4.78 is 10.4. The summed E-state index contributed by atoms with van der Waals surface area (Å²) in [7, 11) is 1.61. The summed E-state index contributed by atoms with van der Waals surface area (Å²) in [6.45, 7) is 2.79. The Labute approximate surface area is 160 Å². The van der Waals surface area contributed by atoms with Gasteiger partial charge >= 0.3 is 5.97 Å². The summed E-state index contributed by atoms with van der Waals surface area (Å²) in [6, 6.07) is 7.04. The van der Waals surface area contributed by atoms with Gasteiger partial charge in [-0.25, -0.2) is 4.79 Å². The van der Waals surface area contributed by atoms with Crippen LogP contribution < -0.4 is 4.74 Å². The molecular formula is C23H38O3. The predicted molar refractivity (Wildman–Crippen MR) is 109 cm³/mol. The van der Waals surface area contributed by atoms with Crippen LogP contribution in [-0.2, 0) is 4.74 Å². The number of ether oxygens (including phenoxy) is 2. The Morgan fingerprint density at radius 2 is 1.19 bits per heavy atom. The van der Waals surface area contributed by atoms with Crippen molar-refractivity contribution >= 4 is 5.97 Å². The predicted octanol–water partition coefficient (Wildman–Crippen LogP) is 6.94. The Balaban J connectivity index is 1.87. The van der Waals surface area contributed by atoms with E-state index in [0.717, 1.165) is 18.6 Å². The van der Waals surface area contributed by atoms with E-state index in [4.69, 9.17) is 9.47 Å². The van der Waals surface area contributed by atoms with Crippen LogP contribution in [0.5, 0.6) is 5.75 Å². The number of hydrogen-bond acceptors (Lipinski definition) is 3. The number of methoxy groups -OCH3 is 1. The van der Waals surface area contributed by atoms with Crippen LogP contribution in [0.15, 0.2) is 24.3 Å². The fourth-order valence-corrected chi connectivity index (χ4v) is 3.10. The van der Waals surface area contributed by atoms with E-state index in [-0.39, 0.29) is 5.97 Å². The van der Waals surface area contributed by atoms with Gasteiger partial charge in [0.2, 0.25) is 0 Å². The maximum absolute atomic E-state index is 11.9. The van der Waals surface area contributed by atoms with Crippen LogP contribution in [0.2, 0.25) is 0 Å². The average molecular weight is 363 g/mol. The van der Waals surface area contributed by atoms with Crippen molar-refractivity contribution < 1.29 is 14.3 Å². The van der Waals surface area contributed by atoms with E-state index >= 15 is 0 Å². The number of hydrogen-bond donors (Lipinski definition) is 0. The Morgan fingerprint density at radius 3 is 1.65 bits per heavy atom. The van der Waals surface area contributed by atoms with E-state index in [1.54, 1.807) is 31.4 Å². The highest BCUT2D eigenvalue weighted by molar-refractivity contribution is 5.89. The third-order valence-electron chi connectivity index (χ3n) is 4.81. The molecule has 0 atom stereocenters. The molecule has 0 aliphatic heterocycles. The van der Waals surface area contributed by atoms with Crippen LogP contribution in [0.1, 0.15) is 101 Å². The van der Waals surface area contributed by atoms with Crippen molar-refractivity contribution in [2.75, 3.05) is 13.7 Å². The molecule has 0 heterocycles. The van der Waals surface area contributed by atoms with Crippen LogP contribution >= 0.6 is 0 Å². The number of unbranched alkanes of at least 4 members (excludes halogenated alkanes) is 12. The summed E-state index contributed by atoms with van der Waals surface area (Å²) in [5.41, 5.74) is 0.584. The number of esters is 1. The van der Waals surface area contributed by atoms with Gasteiger partial charge in [0.15, 0.2) is 0 Å². The van der Waals surface area contributed by atoms with Crippen molar-refractivity contribution in [2.24, 2.45) is 0 Å². The molecule has 0 spiro atoms. The molecule has 0 N–H and O–H groups in total. The lowest BCUT2D eigenvalue weighted by molar-refractivity contribution is 0.0497. The molecule has 0 radical (unpaired) electrons. The zero-order valence-electron chi connectivity index (χ0n) is 16.9. The van der Waals surface area contributed by atoms with Crippen molar-refractivity contribution in [1.29, 1.82) is 0 Å². The maximum atomic E-state index is 11.9. The van der Waals surface area contributed by atoms with Crippen molar-refractivity contribution in [1.82, 2.24) is 0 Å². The summed E-state index contributed by atoms with van der Waals surface area (Å²) in [6.07, 6.45) is 17.2. The first kappa shape index (κ1) is 22.5. The standard InChI is InChI=1S/C23H38O3/c1-3-4-5-6-7-8-9-10-11-12-13-14-15-20-26-23(24)21-16-18-22(25-2)19-17-21/h16-19H,3-15,20H2,1-2H3. The van der Waals surface area contributed by atoms with Crippen molar-refractivity contribution in [3.63, 3.8) is 0 Å². The Kier molecular flexibility index (Phi) is 13.6. The number of carbonyl (C=O) groups excluding carboxylic acids is 1. The van der Waals surface area contributed by atoms with Gasteiger partial charge in [-0.2, -0.15) is 0 Å². The summed E-state index contributed by atoms with van der Waals surface area (Å²) in [5.74, 6) is 0.504. The van der Waals surface area contributed by atoms with Gasteiger partial charge in [-0.15, -0.1) is 0 Å². The third-order valence-corrected chi connectivity index (χ3v) is 4.81. The molecule has 0 fully saturated rings. The summed E-state index contributed by atoms with van der Waals surface area (Å²) >= 11 is 0. The normalized spacial score (nSPS) is 10.7. The molecule has 1 rings (SSSR count). The quantitative estimate of drug-likeness (QED) is 0.236. The molecule has 1 aromatic rings. The second kappa shape index (κ2) is 15.7. The van der Waals surface area contributed by atoms with Crippen LogP contribution in [0.3, 0.4) is 0 Å². The van der Waals surface area contributed by atoms with E-state index in [2.05, 4.69) is 6.92 Å². The fraction of sp³-hybridized carbons (Fsp3) is 0.696. The third kappa shape index (κ3) is 11.2. The molecule has 1 aromatic carbocycles. The minimum atomic E-state index is -0.244. The van der Waals surface area contributed by atoms with Gasteiger partial charge < -0.3 is 9.47 Å². The minimum Gasteiger partial charge on any atom is -0.497 e. The Morgan fingerprint density at radius 1 is 0.731 bits per heavy atom. The lowest BCUT2D eigenvalue weighted by Crippen LogP contribution is -2.06. The van der Waals surface area contributed by atoms with Gasteiger partial charge in [0.05, 0.1) is 19.3 Å². The van der Waals surface area contributed by atoms with Crippen LogP contribution in [0.4, 0.5) is 0 Å². The van der Waals surface area contributed by atoms with Crippen LogP contribution in [-0.4, -0.2) is 19.7 Å². The molecule has 0 aliphatic rings. The highest BCUT2D eigenvalue weighted by Gasteiger charge is 2.06. The van der Waals surface area contributed by atoms with E-state index in [1.807, 2.05) is 0 Å². The molecule has 148 valence electrons. The first-order chi connectivity index (χ1) is 12.8. The number of carbonyl (C=O) groups is 1. The van der Waals surface area contributed by atoms with Gasteiger partial charge in [-0.3, -0.25) is 0 Å². The van der Waals surface area contributed by atoms with Crippen LogP contribution in [0, 0.1) is 0 Å². The Bertz CT molecular complexity index is 453. The molecule has 0 aliphatic carbocycles. The minimum absolute atomic E-state index is 0.244. The smallest absolute Gasteiger partial charge is 0.338 e. The molecule has 0 unspecified atom stereocenters. The SMILES string of the molecule is CCCCCCCCCCCCCCCOC(=O)c1ccc(OC)cc1. The number of benzene rings is 1. The zero-order valence-corrected chi connectivity index (χ0v) is 16.9. The van der Waals surface area contributed by atoms with Gasteiger partial charge in [0.1, 0.15) is 5.75 Å².